The zero-order chi connectivity index (χ0) is 16.4. The number of amides is 1. The Kier molecular flexibility index (Phi) is 4.63. The van der Waals surface area contributed by atoms with Crippen molar-refractivity contribution in [3.05, 3.63) is 11.8 Å². The van der Waals surface area contributed by atoms with E-state index in [4.69, 9.17) is 0 Å². The Bertz CT molecular complexity index is 687. The van der Waals surface area contributed by atoms with Gasteiger partial charge in [0.1, 0.15) is 11.1 Å². The van der Waals surface area contributed by atoms with Crippen LogP contribution < -0.4 is 9.50 Å². The summed E-state index contributed by atoms with van der Waals surface area (Å²) in [5.41, 5.74) is -1.14. The zero-order valence-electron chi connectivity index (χ0n) is 12.5. The van der Waals surface area contributed by atoms with Crippen LogP contribution >= 0.6 is 0 Å². The van der Waals surface area contributed by atoms with Crippen LogP contribution in [0.4, 0.5) is 0 Å². The molecular formula is C12H18N4O4S. The maximum Gasteiger partial charge on any atom is 0.307 e. The molecule has 0 spiro atoms. The fourth-order valence-corrected chi connectivity index (χ4v) is 1.84. The fourth-order valence-electron chi connectivity index (χ4n) is 1.43. The minimum absolute atomic E-state index is 0.0509. The third-order valence-corrected chi connectivity index (χ3v) is 3.49. The van der Waals surface area contributed by atoms with E-state index in [-0.39, 0.29) is 17.4 Å². The average Bonchev–Trinajstić information content (AvgIpc) is 2.67. The van der Waals surface area contributed by atoms with Gasteiger partial charge in [0.25, 0.3) is 11.8 Å². The fraction of sp³-hybridized carbons (Fsp3) is 0.583. The SMILES string of the molecule is CC(C)C(C)(C#N)NC(=O)c1cn(C)nc1OS(C)(=O)=O. The van der Waals surface area contributed by atoms with Crippen molar-refractivity contribution < 1.29 is 17.4 Å². The first kappa shape index (κ1) is 17.0. The molecule has 0 saturated carbocycles. The Morgan fingerprint density at radius 3 is 2.57 bits per heavy atom. The van der Waals surface area contributed by atoms with Crippen LogP contribution in [0.15, 0.2) is 6.20 Å². The molecular weight excluding hydrogens is 296 g/mol. The van der Waals surface area contributed by atoms with Crippen molar-refractivity contribution in [2.75, 3.05) is 6.26 Å². The highest BCUT2D eigenvalue weighted by Gasteiger charge is 2.32. The van der Waals surface area contributed by atoms with Crippen LogP contribution in [0.3, 0.4) is 0 Å². The van der Waals surface area contributed by atoms with Crippen LogP contribution in [0.2, 0.25) is 0 Å². The van der Waals surface area contributed by atoms with Crippen molar-refractivity contribution >= 4 is 16.0 Å². The lowest BCUT2D eigenvalue weighted by atomic mass is 9.90. The number of hydrogen-bond acceptors (Lipinski definition) is 6. The summed E-state index contributed by atoms with van der Waals surface area (Å²) in [6.07, 6.45) is 2.19. The van der Waals surface area contributed by atoms with E-state index in [1.165, 1.54) is 17.9 Å². The van der Waals surface area contributed by atoms with Gasteiger partial charge in [-0.05, 0) is 12.8 Å². The predicted octanol–water partition coefficient (Wildman–Crippen LogP) is 0.427. The zero-order valence-corrected chi connectivity index (χ0v) is 13.4. The number of hydrogen-bond donors (Lipinski definition) is 1. The Hall–Kier alpha value is -2.08. The first-order valence-electron chi connectivity index (χ1n) is 6.15. The Labute approximate surface area is 123 Å². The van der Waals surface area contributed by atoms with Gasteiger partial charge < -0.3 is 9.50 Å². The number of nitrogens with one attached hydrogen (secondary N) is 1. The molecule has 9 heteroatoms. The Balaban J connectivity index is 3.12. The Morgan fingerprint density at radius 2 is 2.14 bits per heavy atom. The number of aryl methyl sites for hydroxylation is 1. The number of carbonyl (C=O) groups excluding carboxylic acids is 1. The van der Waals surface area contributed by atoms with Crippen molar-refractivity contribution in [3.63, 3.8) is 0 Å². The number of nitrogens with zero attached hydrogens (tertiary/aromatic N) is 3. The second kappa shape index (κ2) is 5.73. The first-order valence-corrected chi connectivity index (χ1v) is 7.97. The summed E-state index contributed by atoms with van der Waals surface area (Å²) >= 11 is 0. The van der Waals surface area contributed by atoms with E-state index in [0.29, 0.717) is 0 Å². The maximum atomic E-state index is 12.3. The van der Waals surface area contributed by atoms with Gasteiger partial charge in [-0.25, -0.2) is 0 Å². The molecule has 1 amide bonds. The molecule has 0 aliphatic rings. The second-order valence-corrected chi connectivity index (χ2v) is 6.81. The van der Waals surface area contributed by atoms with Crippen LogP contribution in [0.5, 0.6) is 5.88 Å². The van der Waals surface area contributed by atoms with Crippen molar-refractivity contribution in [1.82, 2.24) is 15.1 Å². The topological polar surface area (TPSA) is 114 Å². The van der Waals surface area contributed by atoms with Crippen molar-refractivity contribution in [1.29, 1.82) is 5.26 Å². The van der Waals surface area contributed by atoms with Crippen LogP contribution in [0, 0.1) is 17.2 Å². The lowest BCUT2D eigenvalue weighted by Gasteiger charge is -2.27. The van der Waals surface area contributed by atoms with Crippen LogP contribution in [-0.2, 0) is 17.2 Å². The van der Waals surface area contributed by atoms with Gasteiger partial charge in [0, 0.05) is 13.2 Å². The minimum Gasteiger partial charge on any atom is -0.359 e. The molecule has 8 nitrogen and oxygen atoms in total. The summed E-state index contributed by atoms with van der Waals surface area (Å²) in [5, 5.41) is 15.6. The van der Waals surface area contributed by atoms with E-state index in [1.54, 1.807) is 20.8 Å². The number of nitriles is 1. The number of aromatic nitrogens is 2. The summed E-state index contributed by atoms with van der Waals surface area (Å²) in [4.78, 5) is 12.3. The van der Waals surface area contributed by atoms with Gasteiger partial charge in [-0.15, -0.1) is 5.10 Å². The molecule has 0 saturated heterocycles. The Morgan fingerprint density at radius 1 is 1.57 bits per heavy atom. The van der Waals surface area contributed by atoms with E-state index < -0.39 is 21.6 Å². The van der Waals surface area contributed by atoms with E-state index in [1.807, 2.05) is 6.07 Å². The van der Waals surface area contributed by atoms with Gasteiger partial charge in [-0.2, -0.15) is 13.7 Å². The molecule has 1 atom stereocenters. The lowest BCUT2D eigenvalue weighted by molar-refractivity contribution is 0.0906. The van der Waals surface area contributed by atoms with Gasteiger partial charge >= 0.3 is 10.1 Å². The normalized spacial score (nSPS) is 14.3. The number of rotatable bonds is 5. The molecule has 0 radical (unpaired) electrons. The van der Waals surface area contributed by atoms with Gasteiger partial charge in [0.15, 0.2) is 0 Å². The van der Waals surface area contributed by atoms with Gasteiger partial charge in [-0.1, -0.05) is 13.8 Å². The van der Waals surface area contributed by atoms with E-state index >= 15 is 0 Å². The van der Waals surface area contributed by atoms with Crippen molar-refractivity contribution in [3.8, 4) is 11.9 Å². The molecule has 21 heavy (non-hydrogen) atoms. The highest BCUT2D eigenvalue weighted by atomic mass is 32.2. The van der Waals surface area contributed by atoms with E-state index in [9.17, 15) is 18.5 Å². The monoisotopic (exact) mass is 314 g/mol. The summed E-state index contributed by atoms with van der Waals surface area (Å²) in [5.74, 6) is -1.08. The molecule has 0 aliphatic heterocycles. The third kappa shape index (κ3) is 4.19. The average molecular weight is 314 g/mol. The molecule has 0 aliphatic carbocycles. The largest absolute Gasteiger partial charge is 0.359 e. The van der Waals surface area contributed by atoms with E-state index in [2.05, 4.69) is 14.6 Å². The van der Waals surface area contributed by atoms with E-state index in [0.717, 1.165) is 6.26 Å². The smallest absolute Gasteiger partial charge is 0.307 e. The molecule has 1 rings (SSSR count). The molecule has 0 aromatic carbocycles. The van der Waals surface area contributed by atoms with Crippen LogP contribution in [0.1, 0.15) is 31.1 Å². The molecule has 1 N–H and O–H groups in total. The summed E-state index contributed by atoms with van der Waals surface area (Å²) < 4.78 is 28.3. The predicted molar refractivity (Wildman–Crippen MR) is 75.0 cm³/mol. The molecule has 1 unspecified atom stereocenters. The molecule has 0 bridgehead atoms. The quantitative estimate of drug-likeness (QED) is 0.788. The van der Waals surface area contributed by atoms with Gasteiger partial charge in [0.2, 0.25) is 0 Å². The first-order chi connectivity index (χ1) is 9.48. The lowest BCUT2D eigenvalue weighted by Crippen LogP contribution is -2.48. The van der Waals surface area contributed by atoms with Crippen molar-refractivity contribution in [2.24, 2.45) is 13.0 Å². The third-order valence-electron chi connectivity index (χ3n) is 3.03. The van der Waals surface area contributed by atoms with Gasteiger partial charge in [0.05, 0.1) is 12.3 Å². The number of carbonyl (C=O) groups is 1. The van der Waals surface area contributed by atoms with Crippen molar-refractivity contribution in [2.45, 2.75) is 26.3 Å². The maximum absolute atomic E-state index is 12.3. The van der Waals surface area contributed by atoms with Crippen LogP contribution in [0.25, 0.3) is 0 Å². The summed E-state index contributed by atoms with van der Waals surface area (Å²) in [6, 6.07) is 2.03. The minimum atomic E-state index is -3.81. The molecule has 1 aromatic heterocycles. The highest BCUT2D eigenvalue weighted by molar-refractivity contribution is 7.86. The second-order valence-electron chi connectivity index (χ2n) is 5.23. The molecule has 1 heterocycles. The summed E-state index contributed by atoms with van der Waals surface area (Å²) in [7, 11) is -2.28. The molecule has 116 valence electrons. The standard InChI is InChI=1S/C12H18N4O4S/c1-8(2)12(3,7-13)14-10(17)9-6-16(4)15-11(9)20-21(5,18)19/h6,8H,1-5H3,(H,14,17). The molecule has 0 fully saturated rings. The van der Waals surface area contributed by atoms with Crippen LogP contribution in [-0.4, -0.2) is 35.9 Å². The highest BCUT2D eigenvalue weighted by Crippen LogP contribution is 2.20. The molecule has 1 aromatic rings. The van der Waals surface area contributed by atoms with Gasteiger partial charge in [-0.3, -0.25) is 9.48 Å². The summed E-state index contributed by atoms with van der Waals surface area (Å²) in [6.45, 7) is 5.17.